The normalized spacial score (nSPS) is 20.8. The molecule has 0 radical (unpaired) electrons. The zero-order valence-electron chi connectivity index (χ0n) is 16.9. The van der Waals surface area contributed by atoms with Crippen LogP contribution in [0.3, 0.4) is 0 Å². The van der Waals surface area contributed by atoms with Gasteiger partial charge in [0.2, 0.25) is 11.0 Å². The minimum atomic E-state index is -0.235. The summed E-state index contributed by atoms with van der Waals surface area (Å²) in [6.45, 7) is 8.48. The smallest absolute Gasteiger partial charge is 0.227 e. The van der Waals surface area contributed by atoms with Gasteiger partial charge < -0.3 is 14.7 Å². The molecule has 0 spiro atoms. The molecule has 1 aromatic carbocycles. The van der Waals surface area contributed by atoms with Crippen LogP contribution in [0.5, 0.6) is 0 Å². The highest BCUT2D eigenvalue weighted by molar-refractivity contribution is 7.09. The summed E-state index contributed by atoms with van der Waals surface area (Å²) in [7, 11) is 0. The molecule has 0 saturated carbocycles. The number of hydrogen-bond donors (Lipinski definition) is 0. The molecule has 3 heterocycles. The molecular weight excluding hydrogens is 389 g/mol. The molecule has 0 N–H and O–H groups in total. The molecule has 156 valence electrons. The van der Waals surface area contributed by atoms with Crippen molar-refractivity contribution in [2.45, 2.75) is 26.2 Å². The molecule has 2 fully saturated rings. The molecule has 0 bridgehead atoms. The SMILES string of the molecule is CCN1CCN(C(=O)C2CCCN(c3nc(Cc4ccc(F)cc4)ns3)C2)CC1. The largest absolute Gasteiger partial charge is 0.346 e. The summed E-state index contributed by atoms with van der Waals surface area (Å²) in [6.07, 6.45) is 2.54. The molecule has 1 unspecified atom stereocenters. The van der Waals surface area contributed by atoms with Crippen molar-refractivity contribution in [1.29, 1.82) is 0 Å². The first kappa shape index (κ1) is 20.2. The van der Waals surface area contributed by atoms with Crippen LogP contribution in [-0.2, 0) is 11.2 Å². The quantitative estimate of drug-likeness (QED) is 0.749. The fourth-order valence-corrected chi connectivity index (χ4v) is 4.84. The number of likely N-dealkylation sites (N-methyl/N-ethyl adjacent to an activating group) is 1. The number of halogens is 1. The van der Waals surface area contributed by atoms with Gasteiger partial charge in [0, 0.05) is 57.2 Å². The van der Waals surface area contributed by atoms with E-state index in [0.29, 0.717) is 12.3 Å². The van der Waals surface area contributed by atoms with E-state index < -0.39 is 0 Å². The van der Waals surface area contributed by atoms with Crippen LogP contribution in [-0.4, -0.2) is 70.9 Å². The van der Waals surface area contributed by atoms with Crippen LogP contribution in [0.2, 0.25) is 0 Å². The fourth-order valence-electron chi connectivity index (χ4n) is 4.12. The van der Waals surface area contributed by atoms with Crippen LogP contribution in [0, 0.1) is 11.7 Å². The number of amides is 1. The van der Waals surface area contributed by atoms with E-state index in [1.807, 2.05) is 4.90 Å². The number of rotatable bonds is 5. The molecule has 8 heteroatoms. The highest BCUT2D eigenvalue weighted by atomic mass is 32.1. The number of piperazine rings is 1. The predicted molar refractivity (Wildman–Crippen MR) is 113 cm³/mol. The Morgan fingerprint density at radius 1 is 1.17 bits per heavy atom. The van der Waals surface area contributed by atoms with Gasteiger partial charge in [0.25, 0.3) is 0 Å². The van der Waals surface area contributed by atoms with Crippen molar-refractivity contribution in [3.05, 3.63) is 41.5 Å². The van der Waals surface area contributed by atoms with Crippen molar-refractivity contribution in [2.24, 2.45) is 5.92 Å². The molecule has 2 aliphatic rings. The summed E-state index contributed by atoms with van der Waals surface area (Å²) in [5, 5.41) is 0.885. The molecule has 1 atom stereocenters. The lowest BCUT2D eigenvalue weighted by atomic mass is 9.96. The second-order valence-electron chi connectivity index (χ2n) is 7.84. The van der Waals surface area contributed by atoms with E-state index in [4.69, 9.17) is 0 Å². The summed E-state index contributed by atoms with van der Waals surface area (Å²) >= 11 is 1.39. The number of hydrogen-bond acceptors (Lipinski definition) is 6. The van der Waals surface area contributed by atoms with Crippen LogP contribution in [0.25, 0.3) is 0 Å². The molecule has 1 aromatic heterocycles. The number of benzene rings is 1. The van der Waals surface area contributed by atoms with E-state index in [1.165, 1.54) is 23.7 Å². The Morgan fingerprint density at radius 2 is 1.93 bits per heavy atom. The highest BCUT2D eigenvalue weighted by Crippen LogP contribution is 2.26. The Balaban J connectivity index is 1.35. The van der Waals surface area contributed by atoms with E-state index in [2.05, 4.69) is 26.1 Å². The first-order valence-corrected chi connectivity index (χ1v) is 11.2. The van der Waals surface area contributed by atoms with Crippen molar-refractivity contribution in [3.63, 3.8) is 0 Å². The van der Waals surface area contributed by atoms with Gasteiger partial charge in [-0.2, -0.15) is 4.37 Å². The summed E-state index contributed by atoms with van der Waals surface area (Å²) < 4.78 is 17.6. The van der Waals surface area contributed by atoms with Gasteiger partial charge in [-0.05, 0) is 37.1 Å². The Hall–Kier alpha value is -2.06. The zero-order chi connectivity index (χ0) is 20.2. The molecule has 6 nitrogen and oxygen atoms in total. The highest BCUT2D eigenvalue weighted by Gasteiger charge is 2.31. The van der Waals surface area contributed by atoms with Gasteiger partial charge in [0.05, 0.1) is 5.92 Å². The topological polar surface area (TPSA) is 52.6 Å². The van der Waals surface area contributed by atoms with Crippen LogP contribution in [0.4, 0.5) is 9.52 Å². The number of nitrogens with zero attached hydrogens (tertiary/aromatic N) is 5. The predicted octanol–water partition coefficient (Wildman–Crippen LogP) is 2.65. The van der Waals surface area contributed by atoms with E-state index in [0.717, 1.165) is 75.2 Å². The molecule has 4 rings (SSSR count). The second-order valence-corrected chi connectivity index (χ2v) is 8.57. The average molecular weight is 418 g/mol. The Morgan fingerprint density at radius 3 is 2.66 bits per heavy atom. The summed E-state index contributed by atoms with van der Waals surface area (Å²) in [5.41, 5.74) is 0.994. The van der Waals surface area contributed by atoms with E-state index in [1.54, 1.807) is 12.1 Å². The summed E-state index contributed by atoms with van der Waals surface area (Å²) in [6, 6.07) is 6.46. The Kier molecular flexibility index (Phi) is 6.40. The minimum absolute atomic E-state index is 0.0429. The minimum Gasteiger partial charge on any atom is -0.346 e. The monoisotopic (exact) mass is 417 g/mol. The van der Waals surface area contributed by atoms with Gasteiger partial charge >= 0.3 is 0 Å². The maximum atomic E-state index is 13.1. The van der Waals surface area contributed by atoms with E-state index >= 15 is 0 Å². The average Bonchev–Trinajstić information content (AvgIpc) is 3.23. The van der Waals surface area contributed by atoms with Crippen LogP contribution in [0.1, 0.15) is 31.2 Å². The molecule has 0 aliphatic carbocycles. The van der Waals surface area contributed by atoms with Gasteiger partial charge in [-0.3, -0.25) is 4.79 Å². The van der Waals surface area contributed by atoms with E-state index in [9.17, 15) is 9.18 Å². The summed E-state index contributed by atoms with van der Waals surface area (Å²) in [4.78, 5) is 24.3. The van der Waals surface area contributed by atoms with Crippen molar-refractivity contribution in [2.75, 3.05) is 50.7 Å². The zero-order valence-corrected chi connectivity index (χ0v) is 17.7. The third-order valence-electron chi connectivity index (χ3n) is 5.91. The van der Waals surface area contributed by atoms with Gasteiger partial charge in [-0.15, -0.1) is 0 Å². The second kappa shape index (κ2) is 9.17. The third-order valence-corrected chi connectivity index (χ3v) is 6.72. The lowest BCUT2D eigenvalue weighted by molar-refractivity contribution is -0.137. The van der Waals surface area contributed by atoms with Crippen molar-refractivity contribution >= 4 is 22.6 Å². The van der Waals surface area contributed by atoms with Crippen molar-refractivity contribution < 1.29 is 9.18 Å². The molecule has 2 aliphatic heterocycles. The molecular formula is C21H28FN5OS. The maximum absolute atomic E-state index is 13.1. The standard InChI is InChI=1S/C21H28FN5OS/c1-2-25-10-12-26(13-11-25)20(28)17-4-3-9-27(15-17)21-23-19(24-29-21)14-16-5-7-18(22)8-6-16/h5-8,17H,2-4,9-15H2,1H3. The van der Waals surface area contributed by atoms with Gasteiger partial charge in [0.1, 0.15) is 11.6 Å². The van der Waals surface area contributed by atoms with Gasteiger partial charge in [0.15, 0.2) is 0 Å². The lowest BCUT2D eigenvalue weighted by Gasteiger charge is -2.38. The number of carbonyl (C=O) groups is 1. The first-order valence-electron chi connectivity index (χ1n) is 10.5. The number of anilines is 1. The van der Waals surface area contributed by atoms with Gasteiger partial charge in [-0.1, -0.05) is 19.1 Å². The van der Waals surface area contributed by atoms with Crippen LogP contribution >= 0.6 is 11.5 Å². The maximum Gasteiger partial charge on any atom is 0.227 e. The van der Waals surface area contributed by atoms with E-state index in [-0.39, 0.29) is 11.7 Å². The number of carbonyl (C=O) groups excluding carboxylic acids is 1. The summed E-state index contributed by atoms with van der Waals surface area (Å²) in [5.74, 6) is 0.851. The van der Waals surface area contributed by atoms with Gasteiger partial charge in [-0.25, -0.2) is 9.37 Å². The van der Waals surface area contributed by atoms with Crippen molar-refractivity contribution in [1.82, 2.24) is 19.2 Å². The van der Waals surface area contributed by atoms with Crippen LogP contribution < -0.4 is 4.90 Å². The van der Waals surface area contributed by atoms with Crippen molar-refractivity contribution in [3.8, 4) is 0 Å². The molecule has 2 saturated heterocycles. The molecule has 1 amide bonds. The number of piperidine rings is 1. The lowest BCUT2D eigenvalue weighted by Crippen LogP contribution is -2.52. The van der Waals surface area contributed by atoms with Crippen LogP contribution in [0.15, 0.2) is 24.3 Å². The fraction of sp³-hybridized carbons (Fsp3) is 0.571. The number of aromatic nitrogens is 2. The molecule has 29 heavy (non-hydrogen) atoms. The first-order chi connectivity index (χ1) is 14.1. The third kappa shape index (κ3) is 4.93. The Bertz CT molecular complexity index is 819. The molecule has 2 aromatic rings. The Labute approximate surface area is 175 Å².